The Labute approximate surface area is 129 Å². The molecule has 21 heavy (non-hydrogen) atoms. The van der Waals surface area contributed by atoms with Gasteiger partial charge in [-0.05, 0) is 49.9 Å². The third-order valence-electron chi connectivity index (χ3n) is 4.37. The molecule has 114 valence electrons. The van der Waals surface area contributed by atoms with Gasteiger partial charge < -0.3 is 5.73 Å². The summed E-state index contributed by atoms with van der Waals surface area (Å²) in [5.41, 5.74) is 7.97. The van der Waals surface area contributed by atoms with Gasteiger partial charge in [-0.3, -0.25) is 4.90 Å². The zero-order valence-corrected chi connectivity index (χ0v) is 13.3. The van der Waals surface area contributed by atoms with Crippen LogP contribution in [0.2, 0.25) is 0 Å². The van der Waals surface area contributed by atoms with Gasteiger partial charge >= 0.3 is 0 Å². The average Bonchev–Trinajstić information content (AvgIpc) is 2.72. The lowest BCUT2D eigenvalue weighted by Gasteiger charge is -2.21. The quantitative estimate of drug-likeness (QED) is 0.859. The minimum Gasteiger partial charge on any atom is -0.320 e. The van der Waals surface area contributed by atoms with Crippen molar-refractivity contribution >= 4 is 0 Å². The van der Waals surface area contributed by atoms with E-state index in [4.69, 9.17) is 5.73 Å². The second-order valence-electron chi connectivity index (χ2n) is 6.02. The van der Waals surface area contributed by atoms with Crippen LogP contribution in [0, 0.1) is 17.8 Å². The molecule has 1 saturated heterocycles. The maximum absolute atomic E-state index is 5.49. The number of hydrogen-bond donors (Lipinski definition) is 1. The predicted molar refractivity (Wildman–Crippen MR) is 89.9 cm³/mol. The second-order valence-corrected chi connectivity index (χ2v) is 6.02. The van der Waals surface area contributed by atoms with Gasteiger partial charge in [0.2, 0.25) is 0 Å². The fourth-order valence-corrected chi connectivity index (χ4v) is 3.25. The second kappa shape index (κ2) is 8.87. The van der Waals surface area contributed by atoms with E-state index in [1.807, 2.05) is 0 Å². The molecule has 0 aliphatic carbocycles. The van der Waals surface area contributed by atoms with Crippen LogP contribution in [0.25, 0.3) is 0 Å². The molecule has 0 aromatic heterocycles. The van der Waals surface area contributed by atoms with Crippen molar-refractivity contribution in [2.75, 3.05) is 19.6 Å². The van der Waals surface area contributed by atoms with Gasteiger partial charge in [-0.15, -0.1) is 0 Å². The van der Waals surface area contributed by atoms with Crippen molar-refractivity contribution in [3.05, 3.63) is 35.4 Å². The molecule has 2 heteroatoms. The van der Waals surface area contributed by atoms with E-state index in [0.717, 1.165) is 18.0 Å². The molecular formula is C19H28N2. The molecule has 2 nitrogen and oxygen atoms in total. The van der Waals surface area contributed by atoms with E-state index >= 15 is 0 Å². The summed E-state index contributed by atoms with van der Waals surface area (Å²) in [6, 6.07) is 8.48. The molecule has 0 amide bonds. The molecule has 1 aliphatic rings. The van der Waals surface area contributed by atoms with Crippen molar-refractivity contribution in [3.63, 3.8) is 0 Å². The lowest BCUT2D eigenvalue weighted by atomic mass is 9.96. The highest BCUT2D eigenvalue weighted by Crippen LogP contribution is 2.23. The molecular weight excluding hydrogens is 256 g/mol. The molecule has 0 saturated carbocycles. The van der Waals surface area contributed by atoms with Crippen LogP contribution in [-0.4, -0.2) is 24.5 Å². The molecule has 1 atom stereocenters. The number of rotatable bonds is 4. The molecule has 1 aromatic rings. The summed E-state index contributed by atoms with van der Waals surface area (Å²) >= 11 is 0. The Morgan fingerprint density at radius 1 is 1.24 bits per heavy atom. The molecule has 0 bridgehead atoms. The average molecular weight is 284 g/mol. The van der Waals surface area contributed by atoms with E-state index < -0.39 is 0 Å². The number of benzene rings is 1. The van der Waals surface area contributed by atoms with Gasteiger partial charge in [0.05, 0.1) is 6.54 Å². The summed E-state index contributed by atoms with van der Waals surface area (Å²) < 4.78 is 0. The van der Waals surface area contributed by atoms with Crippen LogP contribution in [-0.2, 0) is 6.54 Å². The zero-order valence-electron chi connectivity index (χ0n) is 13.3. The summed E-state index contributed by atoms with van der Waals surface area (Å²) in [6.07, 6.45) is 6.80. The number of hydrogen-bond acceptors (Lipinski definition) is 2. The maximum Gasteiger partial charge on any atom is 0.0555 e. The zero-order chi connectivity index (χ0) is 14.9. The van der Waals surface area contributed by atoms with E-state index in [1.165, 1.54) is 50.8 Å². The molecule has 2 N–H and O–H groups in total. The van der Waals surface area contributed by atoms with Crippen LogP contribution < -0.4 is 5.73 Å². The topological polar surface area (TPSA) is 29.3 Å². The first-order valence-corrected chi connectivity index (χ1v) is 8.32. The Hall–Kier alpha value is -1.30. The molecule has 1 aromatic carbocycles. The Morgan fingerprint density at radius 2 is 2.10 bits per heavy atom. The summed E-state index contributed by atoms with van der Waals surface area (Å²) in [6.45, 7) is 6.20. The molecule has 2 rings (SSSR count). The Balaban J connectivity index is 1.98. The summed E-state index contributed by atoms with van der Waals surface area (Å²) in [5, 5.41) is 0. The van der Waals surface area contributed by atoms with Gasteiger partial charge in [-0.2, -0.15) is 0 Å². The lowest BCUT2D eigenvalue weighted by molar-refractivity contribution is 0.271. The van der Waals surface area contributed by atoms with Gasteiger partial charge in [0, 0.05) is 12.1 Å². The number of likely N-dealkylation sites (tertiary alicyclic amines) is 1. The van der Waals surface area contributed by atoms with Crippen LogP contribution >= 0.6 is 0 Å². The first-order valence-electron chi connectivity index (χ1n) is 8.32. The molecule has 1 heterocycles. The van der Waals surface area contributed by atoms with Gasteiger partial charge in [0.25, 0.3) is 0 Å². The minimum atomic E-state index is 0.427. The fourth-order valence-electron chi connectivity index (χ4n) is 3.25. The summed E-state index contributed by atoms with van der Waals surface area (Å²) in [4.78, 5) is 2.60. The van der Waals surface area contributed by atoms with Crippen molar-refractivity contribution < 1.29 is 0 Å². The molecule has 0 radical (unpaired) electrons. The minimum absolute atomic E-state index is 0.427. The van der Waals surface area contributed by atoms with E-state index in [9.17, 15) is 0 Å². The van der Waals surface area contributed by atoms with Gasteiger partial charge in [-0.25, -0.2) is 0 Å². The van der Waals surface area contributed by atoms with Crippen LogP contribution in [0.3, 0.4) is 0 Å². The van der Waals surface area contributed by atoms with Gasteiger partial charge in [-0.1, -0.05) is 49.8 Å². The molecule has 0 spiro atoms. The Kier molecular flexibility index (Phi) is 6.79. The number of nitrogens with two attached hydrogens (primary N) is 1. The van der Waals surface area contributed by atoms with Crippen LogP contribution in [0.15, 0.2) is 24.3 Å². The summed E-state index contributed by atoms with van der Waals surface area (Å²) in [5.74, 6) is 7.12. The summed E-state index contributed by atoms with van der Waals surface area (Å²) in [7, 11) is 0. The van der Waals surface area contributed by atoms with Gasteiger partial charge in [0.15, 0.2) is 0 Å². The smallest absolute Gasteiger partial charge is 0.0555 e. The fraction of sp³-hybridized carbons (Fsp3) is 0.579. The Bertz CT molecular complexity index is 484. The van der Waals surface area contributed by atoms with Crippen molar-refractivity contribution in [1.82, 2.24) is 4.90 Å². The van der Waals surface area contributed by atoms with Crippen molar-refractivity contribution in [3.8, 4) is 11.8 Å². The third-order valence-corrected chi connectivity index (χ3v) is 4.37. The van der Waals surface area contributed by atoms with Crippen LogP contribution in [0.1, 0.15) is 50.2 Å². The lowest BCUT2D eigenvalue weighted by Crippen LogP contribution is -2.24. The van der Waals surface area contributed by atoms with Crippen LogP contribution in [0.4, 0.5) is 0 Å². The van der Waals surface area contributed by atoms with Crippen LogP contribution in [0.5, 0.6) is 0 Å². The predicted octanol–water partition coefficient (Wildman–Crippen LogP) is 3.40. The van der Waals surface area contributed by atoms with Crippen molar-refractivity contribution in [2.45, 2.75) is 45.6 Å². The SMILES string of the molecule is CCCC1CCCN(Cc2ccccc2C#CCN)CC1. The first-order chi connectivity index (χ1) is 10.3. The monoisotopic (exact) mass is 284 g/mol. The number of nitrogens with zero attached hydrogens (tertiary/aromatic N) is 1. The highest BCUT2D eigenvalue weighted by atomic mass is 15.1. The first kappa shape index (κ1) is 16.1. The van der Waals surface area contributed by atoms with E-state index in [-0.39, 0.29) is 0 Å². The normalized spacial score (nSPS) is 19.6. The maximum atomic E-state index is 5.49. The highest BCUT2D eigenvalue weighted by molar-refractivity contribution is 5.41. The molecule has 1 aliphatic heterocycles. The van der Waals surface area contributed by atoms with E-state index in [1.54, 1.807) is 0 Å². The highest BCUT2D eigenvalue weighted by Gasteiger charge is 2.17. The molecule has 1 fully saturated rings. The van der Waals surface area contributed by atoms with Gasteiger partial charge in [0.1, 0.15) is 0 Å². The van der Waals surface area contributed by atoms with Crippen molar-refractivity contribution in [1.29, 1.82) is 0 Å². The van der Waals surface area contributed by atoms with Crippen molar-refractivity contribution in [2.24, 2.45) is 11.7 Å². The molecule has 1 unspecified atom stereocenters. The largest absolute Gasteiger partial charge is 0.320 e. The standard InChI is InChI=1S/C19H28N2/c1-2-7-17-8-6-14-21(15-12-17)16-19-10-4-3-9-18(19)11-5-13-20/h3-4,9-10,17H,2,6-8,12-16,20H2,1H3. The van der Waals surface area contributed by atoms with E-state index in [2.05, 4.69) is 47.9 Å². The third kappa shape index (κ3) is 5.19. The van der Waals surface area contributed by atoms with E-state index in [0.29, 0.717) is 6.54 Å². The Morgan fingerprint density at radius 3 is 2.90 bits per heavy atom.